The normalized spacial score (nSPS) is 19.1. The minimum atomic E-state index is -4.82. The fourth-order valence-corrected chi connectivity index (χ4v) is 41.7. The van der Waals surface area contributed by atoms with Crippen LogP contribution in [0.3, 0.4) is 0 Å². The first-order valence-electron chi connectivity index (χ1n) is 17.7. The third-order valence-electron chi connectivity index (χ3n) is 11.9. The van der Waals surface area contributed by atoms with Gasteiger partial charge in [0.1, 0.15) is 0 Å². The van der Waals surface area contributed by atoms with Crippen LogP contribution in [-0.4, -0.2) is 5.92 Å². The molecule has 0 saturated heterocycles. The molecular weight excluding hydrogens is 719 g/mol. The van der Waals surface area contributed by atoms with Gasteiger partial charge in [0, 0.05) is 0 Å². The summed E-state index contributed by atoms with van der Waals surface area (Å²) in [5.74, 6) is -1.63. The van der Waals surface area contributed by atoms with Crippen molar-refractivity contribution < 1.29 is 15.6 Å². The Labute approximate surface area is 299 Å². The molecule has 0 amide bonds. The van der Waals surface area contributed by atoms with Crippen LogP contribution in [0.15, 0.2) is 96.1 Å². The van der Waals surface area contributed by atoms with Crippen LogP contribution in [0.25, 0.3) is 33.4 Å². The summed E-state index contributed by atoms with van der Waals surface area (Å²) >= 11 is -4.82. The molecule has 0 fully saturated rings. The molecular formula is C44H53Cl2SiZr. The zero-order chi connectivity index (χ0) is 35.2. The van der Waals surface area contributed by atoms with E-state index in [1.54, 1.807) is 0 Å². The van der Waals surface area contributed by atoms with Gasteiger partial charge in [-0.05, 0) is 0 Å². The van der Waals surface area contributed by atoms with Crippen molar-refractivity contribution in [3.63, 3.8) is 0 Å². The van der Waals surface area contributed by atoms with E-state index >= 15 is 0 Å². The Kier molecular flexibility index (Phi) is 9.02. The fraction of sp³-hybridized carbons (Fsp3) is 0.364. The van der Waals surface area contributed by atoms with E-state index in [9.17, 15) is 0 Å². The molecule has 48 heavy (non-hydrogen) atoms. The molecule has 6 rings (SSSR count). The summed E-state index contributed by atoms with van der Waals surface area (Å²) in [4.78, 5) is 0. The first kappa shape index (κ1) is 35.9. The van der Waals surface area contributed by atoms with Gasteiger partial charge in [0.05, 0.1) is 0 Å². The molecule has 0 aliphatic heterocycles. The predicted molar refractivity (Wildman–Crippen MR) is 214 cm³/mol. The maximum atomic E-state index is 8.63. The summed E-state index contributed by atoms with van der Waals surface area (Å²) in [5, 5.41) is 0. The SMILES string of the molecule is CC1=C(C)[CH]([Zr]([Cl])([Cl])([CH]2C(C)=C(C)c3c(-c4ccc(C(C)(C)C)cc4)cccc32)[SiH](C)C)c2cccc(-c3ccc(C(C)(C)C)cc3)c21. The van der Waals surface area contributed by atoms with E-state index < -0.39 is 21.5 Å². The van der Waals surface area contributed by atoms with Crippen molar-refractivity contribution in [1.82, 2.24) is 0 Å². The van der Waals surface area contributed by atoms with Gasteiger partial charge in [-0.25, -0.2) is 0 Å². The number of halogens is 2. The molecule has 4 aromatic rings. The summed E-state index contributed by atoms with van der Waals surface area (Å²) < 4.78 is 0.164. The van der Waals surface area contributed by atoms with Crippen LogP contribution in [-0.2, 0) is 26.4 Å². The molecule has 4 heteroatoms. The number of fused-ring (bicyclic) bond motifs is 2. The molecule has 0 radical (unpaired) electrons. The third kappa shape index (κ3) is 5.48. The molecule has 251 valence electrons. The third-order valence-corrected chi connectivity index (χ3v) is 64.1. The topological polar surface area (TPSA) is 0 Å². The monoisotopic (exact) mass is 769 g/mol. The Balaban J connectivity index is 1.53. The molecule has 0 saturated carbocycles. The van der Waals surface area contributed by atoms with Crippen molar-refractivity contribution in [1.29, 1.82) is 0 Å². The Morgan fingerprint density at radius 3 is 1.15 bits per heavy atom. The van der Waals surface area contributed by atoms with E-state index in [1.807, 2.05) is 0 Å². The van der Waals surface area contributed by atoms with E-state index in [0.29, 0.717) is 0 Å². The van der Waals surface area contributed by atoms with Crippen LogP contribution in [0, 0.1) is 0 Å². The summed E-state index contributed by atoms with van der Waals surface area (Å²) in [6.07, 6.45) is 0. The van der Waals surface area contributed by atoms with E-state index in [0.717, 1.165) is 0 Å². The molecule has 4 aromatic carbocycles. The van der Waals surface area contributed by atoms with Gasteiger partial charge in [0.15, 0.2) is 0 Å². The van der Waals surface area contributed by atoms with Gasteiger partial charge in [0.2, 0.25) is 0 Å². The molecule has 0 nitrogen and oxygen atoms in total. The van der Waals surface area contributed by atoms with E-state index in [2.05, 4.69) is 167 Å². The first-order valence-corrected chi connectivity index (χ1v) is 34.0. The Morgan fingerprint density at radius 2 is 0.854 bits per heavy atom. The van der Waals surface area contributed by atoms with Gasteiger partial charge < -0.3 is 0 Å². The Bertz CT molecular complexity index is 1840. The molecule has 0 N–H and O–H groups in total. The van der Waals surface area contributed by atoms with Crippen molar-refractivity contribution in [2.75, 3.05) is 0 Å². The minimum absolute atomic E-state index is 0.0821. The van der Waals surface area contributed by atoms with E-state index in [1.165, 1.54) is 77.9 Å². The summed E-state index contributed by atoms with van der Waals surface area (Å²) in [6, 6.07) is 32.1. The van der Waals surface area contributed by atoms with Gasteiger partial charge in [-0.2, -0.15) is 0 Å². The van der Waals surface area contributed by atoms with Crippen LogP contribution in [0.2, 0.25) is 13.1 Å². The van der Waals surface area contributed by atoms with Crippen molar-refractivity contribution in [3.05, 3.63) is 129 Å². The van der Waals surface area contributed by atoms with Crippen LogP contribution in [0.5, 0.6) is 0 Å². The van der Waals surface area contributed by atoms with Crippen LogP contribution in [0.4, 0.5) is 0 Å². The maximum absolute atomic E-state index is 8.63. The number of benzene rings is 4. The van der Waals surface area contributed by atoms with Crippen LogP contribution in [0.1, 0.15) is 110 Å². The molecule has 2 atom stereocenters. The van der Waals surface area contributed by atoms with Crippen LogP contribution < -0.4 is 0 Å². The number of hydrogen-bond acceptors (Lipinski definition) is 0. The number of allylic oxidation sites excluding steroid dienone is 4. The Hall–Kier alpha value is -1.96. The van der Waals surface area contributed by atoms with Crippen molar-refractivity contribution in [2.24, 2.45) is 0 Å². The van der Waals surface area contributed by atoms with Gasteiger partial charge in [-0.15, -0.1) is 0 Å². The quantitative estimate of drug-likeness (QED) is 0.177. The second kappa shape index (κ2) is 12.1. The molecule has 0 bridgehead atoms. The second-order valence-electron chi connectivity index (χ2n) is 17.1. The van der Waals surface area contributed by atoms with Crippen molar-refractivity contribution in [3.8, 4) is 22.3 Å². The second-order valence-corrected chi connectivity index (χ2v) is 59.6. The molecule has 2 unspecified atom stereocenters. The molecule has 0 heterocycles. The van der Waals surface area contributed by atoms with Crippen molar-refractivity contribution in [2.45, 2.75) is 100 Å². The van der Waals surface area contributed by atoms with Crippen molar-refractivity contribution >= 4 is 34.1 Å². The van der Waals surface area contributed by atoms with Crippen LogP contribution >= 0.6 is 17.0 Å². The standard InChI is InChI=1S/2C21H23.C2H7Si.2ClH.Zr/c2*1-14-13-17-7-6-8-19(20(17)15(14)2)16-9-11-18(12-10-16)21(3,4)5;1-3-2;;;/h2*6-13H,1-5H3;3H,1-2H3;2*1H;/q;;;;;+2/p-2. The fourth-order valence-electron chi connectivity index (χ4n) is 8.79. The number of rotatable bonds is 5. The predicted octanol–water partition coefficient (Wildman–Crippen LogP) is 14.0. The molecule has 2 aliphatic carbocycles. The Morgan fingerprint density at radius 1 is 0.521 bits per heavy atom. The van der Waals surface area contributed by atoms with E-state index in [-0.39, 0.29) is 18.1 Å². The summed E-state index contributed by atoms with van der Waals surface area (Å²) in [5.41, 5.74) is 18.9. The van der Waals surface area contributed by atoms with Gasteiger partial charge >= 0.3 is 302 Å². The zero-order valence-corrected chi connectivity index (χ0v) is 36.2. The number of hydrogen-bond donors (Lipinski definition) is 0. The summed E-state index contributed by atoms with van der Waals surface area (Å²) in [6.45, 7) is 27.8. The average Bonchev–Trinajstić information content (AvgIpc) is 3.45. The first-order chi connectivity index (χ1) is 22.3. The molecule has 0 spiro atoms. The summed E-state index contributed by atoms with van der Waals surface area (Å²) in [7, 11) is 17.3. The molecule has 2 aliphatic rings. The van der Waals surface area contributed by atoms with Gasteiger partial charge in [-0.1, -0.05) is 0 Å². The van der Waals surface area contributed by atoms with Gasteiger partial charge in [-0.3, -0.25) is 0 Å². The average molecular weight is 772 g/mol. The van der Waals surface area contributed by atoms with Gasteiger partial charge in [0.25, 0.3) is 0 Å². The van der Waals surface area contributed by atoms with E-state index in [4.69, 9.17) is 17.0 Å². The zero-order valence-electron chi connectivity index (χ0n) is 31.1. The molecule has 0 aromatic heterocycles.